The van der Waals surface area contributed by atoms with E-state index in [9.17, 15) is 9.59 Å². The van der Waals surface area contributed by atoms with Crippen LogP contribution in [0.5, 0.6) is 0 Å². The molecule has 1 fully saturated rings. The van der Waals surface area contributed by atoms with Crippen LogP contribution in [0.1, 0.15) is 6.42 Å². The summed E-state index contributed by atoms with van der Waals surface area (Å²) < 4.78 is 6.06. The van der Waals surface area contributed by atoms with Crippen LogP contribution in [0.3, 0.4) is 0 Å². The molecule has 2 rings (SSSR count). The number of carbonyl (C=O) groups is 2. The van der Waals surface area contributed by atoms with Crippen molar-refractivity contribution in [3.05, 3.63) is 18.7 Å². The minimum absolute atomic E-state index is 0.149. The monoisotopic (exact) mass is 223 g/mol. The van der Waals surface area contributed by atoms with Crippen molar-refractivity contribution in [2.45, 2.75) is 6.42 Å². The van der Waals surface area contributed by atoms with Gasteiger partial charge in [0.15, 0.2) is 0 Å². The highest BCUT2D eigenvalue weighted by Crippen LogP contribution is 2.18. The lowest BCUT2D eigenvalue weighted by atomic mass is 10.1. The molecule has 1 atom stereocenters. The van der Waals surface area contributed by atoms with Gasteiger partial charge in [-0.3, -0.25) is 9.36 Å². The van der Waals surface area contributed by atoms with Gasteiger partial charge in [-0.25, -0.2) is 9.78 Å². The first-order valence-corrected chi connectivity index (χ1v) is 5.07. The van der Waals surface area contributed by atoms with Gasteiger partial charge in [-0.15, -0.1) is 0 Å². The Bertz CT molecular complexity index is 388. The molecule has 1 aliphatic heterocycles. The van der Waals surface area contributed by atoms with Gasteiger partial charge in [-0.1, -0.05) is 0 Å². The number of aromatic nitrogens is 2. The maximum Gasteiger partial charge on any atom is 0.329 e. The van der Waals surface area contributed by atoms with Crippen LogP contribution in [0.25, 0.3) is 0 Å². The molecule has 86 valence electrons. The molecule has 0 spiro atoms. The highest BCUT2D eigenvalue weighted by molar-refractivity contribution is 5.79. The van der Waals surface area contributed by atoms with Crippen molar-refractivity contribution in [3.63, 3.8) is 0 Å². The van der Waals surface area contributed by atoms with Crippen LogP contribution in [-0.4, -0.2) is 46.7 Å². The van der Waals surface area contributed by atoms with Gasteiger partial charge in [-0.2, -0.15) is 0 Å². The smallest absolute Gasteiger partial charge is 0.329 e. The number of likely N-dealkylation sites (tertiary alicyclic amines) is 1. The molecule has 2 heterocycles. The number of methoxy groups -OCH3 is 1. The standard InChI is InChI=1S/C10H13N3O3/c1-16-9(14)8-2-4-12(6-8)10(15)13-5-3-11-7-13/h3,5,7-8H,2,4,6H2,1H3. The molecule has 1 saturated heterocycles. The Morgan fingerprint density at radius 2 is 2.31 bits per heavy atom. The first-order chi connectivity index (χ1) is 7.72. The number of amides is 1. The Morgan fingerprint density at radius 1 is 1.50 bits per heavy atom. The van der Waals surface area contributed by atoms with Crippen LogP contribution in [0.15, 0.2) is 18.7 Å². The molecule has 1 amide bonds. The van der Waals surface area contributed by atoms with E-state index < -0.39 is 0 Å². The maximum absolute atomic E-state index is 11.9. The van der Waals surface area contributed by atoms with E-state index in [2.05, 4.69) is 9.72 Å². The van der Waals surface area contributed by atoms with Crippen LogP contribution in [0.4, 0.5) is 4.79 Å². The summed E-state index contributed by atoms with van der Waals surface area (Å²) in [6.45, 7) is 1.00. The number of carbonyl (C=O) groups excluding carboxylic acids is 2. The second-order valence-electron chi connectivity index (χ2n) is 3.71. The number of esters is 1. The zero-order valence-electron chi connectivity index (χ0n) is 9.00. The van der Waals surface area contributed by atoms with E-state index in [-0.39, 0.29) is 17.9 Å². The average Bonchev–Trinajstić information content (AvgIpc) is 2.97. The SMILES string of the molecule is COC(=O)C1CCN(C(=O)n2ccnc2)C1. The van der Waals surface area contributed by atoms with Crippen LogP contribution >= 0.6 is 0 Å². The zero-order chi connectivity index (χ0) is 11.5. The van der Waals surface area contributed by atoms with Crippen LogP contribution in [0, 0.1) is 5.92 Å². The normalized spacial score (nSPS) is 19.8. The summed E-state index contributed by atoms with van der Waals surface area (Å²) in [6, 6.07) is -0.149. The second-order valence-corrected chi connectivity index (χ2v) is 3.71. The Labute approximate surface area is 92.8 Å². The molecule has 0 saturated carbocycles. The number of nitrogens with zero attached hydrogens (tertiary/aromatic N) is 3. The third-order valence-corrected chi connectivity index (χ3v) is 2.72. The Kier molecular flexibility index (Phi) is 2.89. The van der Waals surface area contributed by atoms with Crippen LogP contribution in [0.2, 0.25) is 0 Å². The minimum Gasteiger partial charge on any atom is -0.469 e. The molecule has 6 nitrogen and oxygen atoms in total. The van der Waals surface area contributed by atoms with Crippen molar-refractivity contribution >= 4 is 12.0 Å². The van der Waals surface area contributed by atoms with Crippen molar-refractivity contribution in [3.8, 4) is 0 Å². The van der Waals surface area contributed by atoms with E-state index in [0.29, 0.717) is 19.5 Å². The lowest BCUT2D eigenvalue weighted by Crippen LogP contribution is -2.33. The molecule has 0 bridgehead atoms. The number of ether oxygens (including phenoxy) is 1. The summed E-state index contributed by atoms with van der Waals surface area (Å²) >= 11 is 0. The third-order valence-electron chi connectivity index (χ3n) is 2.72. The summed E-state index contributed by atoms with van der Waals surface area (Å²) in [4.78, 5) is 28.6. The highest BCUT2D eigenvalue weighted by Gasteiger charge is 2.32. The molecule has 0 radical (unpaired) electrons. The topological polar surface area (TPSA) is 64.4 Å². The van der Waals surface area contributed by atoms with E-state index in [4.69, 9.17) is 0 Å². The Balaban J connectivity index is 1.99. The van der Waals surface area contributed by atoms with Crippen LogP contribution in [-0.2, 0) is 9.53 Å². The van der Waals surface area contributed by atoms with Gasteiger partial charge in [0.1, 0.15) is 6.33 Å². The molecule has 0 aliphatic carbocycles. The van der Waals surface area contributed by atoms with Gasteiger partial charge in [0, 0.05) is 25.5 Å². The summed E-state index contributed by atoms with van der Waals surface area (Å²) in [6.07, 6.45) is 5.25. The quantitative estimate of drug-likeness (QED) is 0.644. The van der Waals surface area contributed by atoms with Gasteiger partial charge >= 0.3 is 12.0 Å². The van der Waals surface area contributed by atoms with E-state index >= 15 is 0 Å². The molecule has 1 aromatic rings. The van der Waals surface area contributed by atoms with E-state index in [1.807, 2.05) is 0 Å². The molecular weight excluding hydrogens is 210 g/mol. The van der Waals surface area contributed by atoms with Crippen molar-refractivity contribution in [2.24, 2.45) is 5.92 Å². The van der Waals surface area contributed by atoms with Crippen molar-refractivity contribution in [1.29, 1.82) is 0 Å². The maximum atomic E-state index is 11.9. The summed E-state index contributed by atoms with van der Waals surface area (Å²) in [5, 5.41) is 0. The molecule has 1 aliphatic rings. The first-order valence-electron chi connectivity index (χ1n) is 5.07. The predicted octanol–water partition coefficient (Wildman–Crippen LogP) is 0.346. The van der Waals surface area contributed by atoms with E-state index in [1.165, 1.54) is 18.0 Å². The fourth-order valence-electron chi connectivity index (χ4n) is 1.83. The zero-order valence-corrected chi connectivity index (χ0v) is 9.00. The van der Waals surface area contributed by atoms with Gasteiger partial charge in [0.2, 0.25) is 0 Å². The van der Waals surface area contributed by atoms with Gasteiger partial charge < -0.3 is 9.64 Å². The Morgan fingerprint density at radius 3 is 2.94 bits per heavy atom. The summed E-state index contributed by atoms with van der Waals surface area (Å²) in [5.74, 6) is -0.446. The van der Waals surface area contributed by atoms with Crippen molar-refractivity contribution in [1.82, 2.24) is 14.5 Å². The van der Waals surface area contributed by atoms with Gasteiger partial charge in [0.25, 0.3) is 0 Å². The largest absolute Gasteiger partial charge is 0.469 e. The van der Waals surface area contributed by atoms with Crippen molar-refractivity contribution < 1.29 is 14.3 Å². The van der Waals surface area contributed by atoms with E-state index in [0.717, 1.165) is 0 Å². The van der Waals surface area contributed by atoms with Gasteiger partial charge in [-0.05, 0) is 6.42 Å². The van der Waals surface area contributed by atoms with Crippen molar-refractivity contribution in [2.75, 3.05) is 20.2 Å². The first kappa shape index (κ1) is 10.7. The number of hydrogen-bond donors (Lipinski definition) is 0. The molecule has 16 heavy (non-hydrogen) atoms. The number of rotatable bonds is 1. The summed E-state index contributed by atoms with van der Waals surface area (Å²) in [5.41, 5.74) is 0. The Hall–Kier alpha value is -1.85. The number of hydrogen-bond acceptors (Lipinski definition) is 4. The van der Waals surface area contributed by atoms with Gasteiger partial charge in [0.05, 0.1) is 13.0 Å². The third kappa shape index (κ3) is 1.91. The predicted molar refractivity (Wildman–Crippen MR) is 54.7 cm³/mol. The summed E-state index contributed by atoms with van der Waals surface area (Å²) in [7, 11) is 1.36. The minimum atomic E-state index is -0.249. The molecule has 0 N–H and O–H groups in total. The molecular formula is C10H13N3O3. The molecule has 6 heteroatoms. The average molecular weight is 223 g/mol. The fraction of sp³-hybridized carbons (Fsp3) is 0.500. The lowest BCUT2D eigenvalue weighted by molar-refractivity contribution is -0.144. The highest BCUT2D eigenvalue weighted by atomic mass is 16.5. The van der Waals surface area contributed by atoms with Crippen LogP contribution < -0.4 is 0 Å². The molecule has 1 unspecified atom stereocenters. The molecule has 0 aromatic carbocycles. The molecule has 1 aromatic heterocycles. The van der Waals surface area contributed by atoms with E-state index in [1.54, 1.807) is 17.3 Å². The fourth-order valence-corrected chi connectivity index (χ4v) is 1.83. The lowest BCUT2D eigenvalue weighted by Gasteiger charge is -2.15. The second kappa shape index (κ2) is 4.34. The number of imidazole rings is 1.